The summed E-state index contributed by atoms with van der Waals surface area (Å²) in [5.74, 6) is -0.121. The average Bonchev–Trinajstić information content (AvgIpc) is 2.85. The molecule has 1 aliphatic carbocycles. The molecule has 2 atom stereocenters. The van der Waals surface area contributed by atoms with Gasteiger partial charge in [-0.3, -0.25) is 5.32 Å². The molecule has 1 aliphatic rings. The van der Waals surface area contributed by atoms with Crippen molar-refractivity contribution in [1.29, 1.82) is 0 Å². The van der Waals surface area contributed by atoms with E-state index in [-0.39, 0.29) is 23.1 Å². The number of amides is 1. The van der Waals surface area contributed by atoms with E-state index in [0.29, 0.717) is 5.56 Å². The van der Waals surface area contributed by atoms with Gasteiger partial charge in [0.15, 0.2) is 0 Å². The average molecular weight is 344 g/mol. The first kappa shape index (κ1) is 18.6. The number of alkyl halides is 3. The second-order valence-corrected chi connectivity index (χ2v) is 7.75. The second kappa shape index (κ2) is 5.65. The van der Waals surface area contributed by atoms with Gasteiger partial charge >= 0.3 is 12.3 Å². The normalized spacial score (nSPS) is 22.9. The number of carbonyl (C=O) groups is 1. The number of carbonyl (C=O) groups excluding carboxylic acids is 1. The fraction of sp³-hybridized carbons (Fsp3) is 0.588. The maximum absolute atomic E-state index is 13.0. The summed E-state index contributed by atoms with van der Waals surface area (Å²) >= 11 is 0. The van der Waals surface area contributed by atoms with Crippen LogP contribution < -0.4 is 11.1 Å². The minimum absolute atomic E-state index is 0.0881. The maximum atomic E-state index is 13.0. The highest BCUT2D eigenvalue weighted by molar-refractivity contribution is 5.86. The molecule has 0 spiro atoms. The van der Waals surface area contributed by atoms with Crippen molar-refractivity contribution >= 4 is 11.8 Å². The van der Waals surface area contributed by atoms with Crippen LogP contribution in [0.1, 0.15) is 51.7 Å². The van der Waals surface area contributed by atoms with Gasteiger partial charge in [0, 0.05) is 17.6 Å². The first-order chi connectivity index (χ1) is 10.7. The fourth-order valence-electron chi connectivity index (χ4n) is 2.80. The lowest BCUT2D eigenvalue weighted by atomic mass is 9.99. The van der Waals surface area contributed by atoms with Crippen LogP contribution in [0.2, 0.25) is 0 Å². The molecular formula is C17H23F3N2O2. The molecule has 1 aromatic rings. The van der Waals surface area contributed by atoms with E-state index < -0.39 is 23.4 Å². The Hall–Kier alpha value is -1.76. The minimum atomic E-state index is -4.50. The molecule has 2 rings (SSSR count). The van der Waals surface area contributed by atoms with E-state index in [1.54, 1.807) is 20.8 Å². The SMILES string of the molecule is CC(C)(C)OC(=O)Nc1cc(C(F)(F)F)ccc1[C@@H]1[C@@H](N)C1(C)C. The molecule has 0 aromatic heterocycles. The zero-order chi connectivity index (χ0) is 18.5. The van der Waals surface area contributed by atoms with E-state index in [1.807, 2.05) is 13.8 Å². The van der Waals surface area contributed by atoms with E-state index in [9.17, 15) is 18.0 Å². The van der Waals surface area contributed by atoms with Gasteiger partial charge in [0.05, 0.1) is 5.56 Å². The highest BCUT2D eigenvalue weighted by atomic mass is 19.4. The molecule has 0 radical (unpaired) electrons. The van der Waals surface area contributed by atoms with Crippen LogP contribution in [-0.4, -0.2) is 17.7 Å². The summed E-state index contributed by atoms with van der Waals surface area (Å²) in [5, 5.41) is 2.44. The van der Waals surface area contributed by atoms with Crippen molar-refractivity contribution in [3.05, 3.63) is 29.3 Å². The largest absolute Gasteiger partial charge is 0.444 e. The van der Waals surface area contributed by atoms with Crippen molar-refractivity contribution < 1.29 is 22.7 Å². The van der Waals surface area contributed by atoms with Crippen molar-refractivity contribution in [3.8, 4) is 0 Å². The zero-order valence-corrected chi connectivity index (χ0v) is 14.4. The molecule has 0 unspecified atom stereocenters. The number of ether oxygens (including phenoxy) is 1. The third kappa shape index (κ3) is 3.83. The number of hydrogen-bond donors (Lipinski definition) is 2. The summed E-state index contributed by atoms with van der Waals surface area (Å²) in [6, 6.07) is 3.15. The van der Waals surface area contributed by atoms with Gasteiger partial charge in [0.2, 0.25) is 0 Å². The molecule has 1 amide bonds. The lowest BCUT2D eigenvalue weighted by Crippen LogP contribution is -2.27. The summed E-state index contributed by atoms with van der Waals surface area (Å²) in [6.07, 6.45) is -5.29. The predicted molar refractivity (Wildman–Crippen MR) is 85.8 cm³/mol. The molecule has 1 aromatic carbocycles. The van der Waals surface area contributed by atoms with Crippen LogP contribution in [0.5, 0.6) is 0 Å². The van der Waals surface area contributed by atoms with Gasteiger partial charge in [0.25, 0.3) is 0 Å². The quantitative estimate of drug-likeness (QED) is 0.830. The molecule has 3 N–H and O–H groups in total. The smallest absolute Gasteiger partial charge is 0.416 e. The molecule has 24 heavy (non-hydrogen) atoms. The number of hydrogen-bond acceptors (Lipinski definition) is 3. The number of halogens is 3. The third-order valence-electron chi connectivity index (χ3n) is 4.26. The lowest BCUT2D eigenvalue weighted by molar-refractivity contribution is -0.137. The number of rotatable bonds is 2. The van der Waals surface area contributed by atoms with Crippen molar-refractivity contribution in [2.45, 2.75) is 58.4 Å². The van der Waals surface area contributed by atoms with Crippen molar-refractivity contribution in [2.24, 2.45) is 11.1 Å². The van der Waals surface area contributed by atoms with E-state index in [0.717, 1.165) is 12.1 Å². The molecule has 0 bridgehead atoms. The summed E-state index contributed by atoms with van der Waals surface area (Å²) in [5.41, 5.74) is 4.90. The summed E-state index contributed by atoms with van der Waals surface area (Å²) < 4.78 is 44.1. The molecule has 0 heterocycles. The summed E-state index contributed by atoms with van der Waals surface area (Å²) in [7, 11) is 0. The van der Waals surface area contributed by atoms with E-state index in [2.05, 4.69) is 5.32 Å². The summed E-state index contributed by atoms with van der Waals surface area (Å²) in [4.78, 5) is 12.0. The van der Waals surface area contributed by atoms with Crippen LogP contribution in [-0.2, 0) is 10.9 Å². The molecular weight excluding hydrogens is 321 g/mol. The van der Waals surface area contributed by atoms with Gasteiger partial charge < -0.3 is 10.5 Å². The first-order valence-corrected chi connectivity index (χ1v) is 7.70. The van der Waals surface area contributed by atoms with Crippen LogP contribution in [0.3, 0.4) is 0 Å². The van der Waals surface area contributed by atoms with Crippen molar-refractivity contribution in [1.82, 2.24) is 0 Å². The highest BCUT2D eigenvalue weighted by Gasteiger charge is 2.57. The molecule has 4 nitrogen and oxygen atoms in total. The van der Waals surface area contributed by atoms with Crippen LogP contribution in [0, 0.1) is 5.41 Å². The Morgan fingerprint density at radius 2 is 1.79 bits per heavy atom. The van der Waals surface area contributed by atoms with Crippen molar-refractivity contribution in [2.75, 3.05) is 5.32 Å². The van der Waals surface area contributed by atoms with Crippen LogP contribution in [0.15, 0.2) is 18.2 Å². The van der Waals surface area contributed by atoms with Crippen LogP contribution >= 0.6 is 0 Å². The molecule has 0 aliphatic heterocycles. The second-order valence-electron chi connectivity index (χ2n) is 7.75. The molecule has 1 saturated carbocycles. The summed E-state index contributed by atoms with van der Waals surface area (Å²) in [6.45, 7) is 8.92. The Bertz CT molecular complexity index is 648. The van der Waals surface area contributed by atoms with Crippen molar-refractivity contribution in [3.63, 3.8) is 0 Å². The van der Waals surface area contributed by atoms with E-state index in [1.165, 1.54) is 6.07 Å². The van der Waals surface area contributed by atoms with Gasteiger partial charge in [-0.1, -0.05) is 19.9 Å². The molecule has 134 valence electrons. The maximum Gasteiger partial charge on any atom is 0.416 e. The Balaban J connectivity index is 2.36. The number of benzene rings is 1. The zero-order valence-electron chi connectivity index (χ0n) is 14.4. The minimum Gasteiger partial charge on any atom is -0.444 e. The lowest BCUT2D eigenvalue weighted by Gasteiger charge is -2.21. The van der Waals surface area contributed by atoms with Gasteiger partial charge in [-0.15, -0.1) is 0 Å². The Labute approximate surface area is 139 Å². The molecule has 0 saturated heterocycles. The Kier molecular flexibility index (Phi) is 4.37. The molecule has 1 fully saturated rings. The van der Waals surface area contributed by atoms with Gasteiger partial charge in [-0.2, -0.15) is 13.2 Å². The standard InChI is InChI=1S/C17H23F3N2O2/c1-15(2,3)24-14(23)22-11-8-9(17(18,19)20)6-7-10(11)12-13(21)16(12,4)5/h6-8,12-13H,21H2,1-5H3,(H,22,23)/t12-,13-/m1/s1. The number of anilines is 1. The molecule has 7 heteroatoms. The highest BCUT2D eigenvalue weighted by Crippen LogP contribution is 2.59. The topological polar surface area (TPSA) is 64.3 Å². The van der Waals surface area contributed by atoms with Gasteiger partial charge in [0.1, 0.15) is 5.60 Å². The van der Waals surface area contributed by atoms with E-state index >= 15 is 0 Å². The van der Waals surface area contributed by atoms with Gasteiger partial charge in [-0.05, 0) is 43.9 Å². The number of nitrogens with one attached hydrogen (secondary N) is 1. The van der Waals surface area contributed by atoms with Crippen LogP contribution in [0.25, 0.3) is 0 Å². The predicted octanol–water partition coefficient (Wildman–Crippen LogP) is 4.50. The number of nitrogens with two attached hydrogens (primary N) is 1. The Morgan fingerprint density at radius 1 is 1.25 bits per heavy atom. The Morgan fingerprint density at radius 3 is 2.21 bits per heavy atom. The third-order valence-corrected chi connectivity index (χ3v) is 4.26. The fourth-order valence-corrected chi connectivity index (χ4v) is 2.80. The van der Waals surface area contributed by atoms with Crippen LogP contribution in [0.4, 0.5) is 23.7 Å². The van der Waals surface area contributed by atoms with Gasteiger partial charge in [-0.25, -0.2) is 4.79 Å². The first-order valence-electron chi connectivity index (χ1n) is 7.70. The monoisotopic (exact) mass is 344 g/mol. The van der Waals surface area contributed by atoms with E-state index in [4.69, 9.17) is 10.5 Å².